The van der Waals surface area contributed by atoms with Gasteiger partial charge in [0.25, 0.3) is 0 Å². The summed E-state index contributed by atoms with van der Waals surface area (Å²) >= 11 is 0. The minimum Gasteiger partial charge on any atom is -0.491 e. The molecule has 1 aromatic carbocycles. The standard InChI is InChI=1S/C16H23NO2/c1-12-14(17)5-4-6-15(12)18-11-13-7-10-16(19-13)8-2-3-9-16/h4-6,13H,2-3,7-11,17H2,1H3. The minimum atomic E-state index is 0.193. The molecule has 19 heavy (non-hydrogen) atoms. The van der Waals surface area contributed by atoms with E-state index in [9.17, 15) is 0 Å². The summed E-state index contributed by atoms with van der Waals surface area (Å²) in [7, 11) is 0. The summed E-state index contributed by atoms with van der Waals surface area (Å²) < 4.78 is 12.1. The Hall–Kier alpha value is -1.22. The lowest BCUT2D eigenvalue weighted by Crippen LogP contribution is -2.27. The zero-order valence-corrected chi connectivity index (χ0v) is 11.7. The number of anilines is 1. The van der Waals surface area contributed by atoms with Gasteiger partial charge in [-0.25, -0.2) is 0 Å². The first-order valence-electron chi connectivity index (χ1n) is 7.34. The van der Waals surface area contributed by atoms with E-state index in [4.69, 9.17) is 15.2 Å². The second kappa shape index (κ2) is 5.04. The van der Waals surface area contributed by atoms with Gasteiger partial charge in [0.05, 0.1) is 11.7 Å². The van der Waals surface area contributed by atoms with Crippen molar-refractivity contribution >= 4 is 5.69 Å². The predicted octanol–water partition coefficient (Wildman–Crippen LogP) is 3.45. The molecule has 0 aromatic heterocycles. The number of rotatable bonds is 3. The Morgan fingerprint density at radius 2 is 2.11 bits per heavy atom. The van der Waals surface area contributed by atoms with Crippen LogP contribution in [0.3, 0.4) is 0 Å². The normalized spacial score (nSPS) is 25.0. The van der Waals surface area contributed by atoms with Crippen molar-refractivity contribution in [3.63, 3.8) is 0 Å². The molecule has 0 bridgehead atoms. The molecule has 1 aromatic rings. The van der Waals surface area contributed by atoms with Crippen LogP contribution in [0.25, 0.3) is 0 Å². The van der Waals surface area contributed by atoms with Crippen LogP contribution in [-0.4, -0.2) is 18.3 Å². The van der Waals surface area contributed by atoms with Crippen LogP contribution in [0.15, 0.2) is 18.2 Å². The zero-order chi connectivity index (χ0) is 13.3. The smallest absolute Gasteiger partial charge is 0.124 e. The Morgan fingerprint density at radius 1 is 1.32 bits per heavy atom. The van der Waals surface area contributed by atoms with Crippen LogP contribution >= 0.6 is 0 Å². The molecule has 2 fully saturated rings. The van der Waals surface area contributed by atoms with Gasteiger partial charge in [-0.2, -0.15) is 0 Å². The number of nitrogen functional groups attached to an aromatic ring is 1. The first kappa shape index (κ1) is 12.8. The SMILES string of the molecule is Cc1c(N)cccc1OCC1CCC2(CCCC2)O1. The Morgan fingerprint density at radius 3 is 2.89 bits per heavy atom. The quantitative estimate of drug-likeness (QED) is 0.848. The van der Waals surface area contributed by atoms with E-state index < -0.39 is 0 Å². The number of benzene rings is 1. The number of ether oxygens (including phenoxy) is 2. The molecule has 1 unspecified atom stereocenters. The third kappa shape index (κ3) is 2.57. The van der Waals surface area contributed by atoms with E-state index in [1.165, 1.54) is 32.1 Å². The summed E-state index contributed by atoms with van der Waals surface area (Å²) in [6.07, 6.45) is 7.70. The molecular formula is C16H23NO2. The van der Waals surface area contributed by atoms with Gasteiger partial charge in [0, 0.05) is 11.3 Å². The highest BCUT2D eigenvalue weighted by Crippen LogP contribution is 2.43. The van der Waals surface area contributed by atoms with Gasteiger partial charge in [0.15, 0.2) is 0 Å². The molecule has 2 aliphatic rings. The van der Waals surface area contributed by atoms with E-state index in [2.05, 4.69) is 0 Å². The Bertz CT molecular complexity index is 452. The average molecular weight is 261 g/mol. The lowest BCUT2D eigenvalue weighted by molar-refractivity contribution is -0.0509. The Labute approximate surface area is 115 Å². The molecule has 1 spiro atoms. The summed E-state index contributed by atoms with van der Waals surface area (Å²) in [5.41, 5.74) is 7.89. The fraction of sp³-hybridized carbons (Fsp3) is 0.625. The van der Waals surface area contributed by atoms with E-state index in [0.29, 0.717) is 6.61 Å². The van der Waals surface area contributed by atoms with Crippen molar-refractivity contribution in [2.75, 3.05) is 12.3 Å². The van der Waals surface area contributed by atoms with Crippen molar-refractivity contribution in [3.8, 4) is 5.75 Å². The lowest BCUT2D eigenvalue weighted by atomic mass is 9.98. The van der Waals surface area contributed by atoms with Gasteiger partial charge in [-0.3, -0.25) is 0 Å². The third-order valence-electron chi connectivity index (χ3n) is 4.60. The summed E-state index contributed by atoms with van der Waals surface area (Å²) in [6.45, 7) is 2.64. The highest BCUT2D eigenvalue weighted by Gasteiger charge is 2.42. The Balaban J connectivity index is 1.57. The predicted molar refractivity (Wildman–Crippen MR) is 76.4 cm³/mol. The van der Waals surface area contributed by atoms with Crippen LogP contribution in [0.1, 0.15) is 44.1 Å². The Kier molecular flexibility index (Phi) is 3.40. The van der Waals surface area contributed by atoms with E-state index in [-0.39, 0.29) is 11.7 Å². The average Bonchev–Trinajstić information content (AvgIpc) is 3.02. The van der Waals surface area contributed by atoms with Crippen LogP contribution in [0.5, 0.6) is 5.75 Å². The molecule has 1 saturated heterocycles. The molecule has 2 N–H and O–H groups in total. The second-order valence-electron chi connectivity index (χ2n) is 5.95. The molecule has 1 atom stereocenters. The monoisotopic (exact) mass is 261 g/mol. The lowest BCUT2D eigenvalue weighted by Gasteiger charge is -2.24. The van der Waals surface area contributed by atoms with Crippen molar-refractivity contribution in [2.24, 2.45) is 0 Å². The highest BCUT2D eigenvalue weighted by atomic mass is 16.6. The fourth-order valence-electron chi connectivity index (χ4n) is 3.37. The maximum Gasteiger partial charge on any atom is 0.124 e. The number of hydrogen-bond donors (Lipinski definition) is 1. The third-order valence-corrected chi connectivity index (χ3v) is 4.60. The summed E-state index contributed by atoms with van der Waals surface area (Å²) in [5, 5.41) is 0. The van der Waals surface area contributed by atoms with E-state index in [1.54, 1.807) is 0 Å². The highest BCUT2D eigenvalue weighted by molar-refractivity contribution is 5.53. The van der Waals surface area contributed by atoms with E-state index in [0.717, 1.165) is 23.4 Å². The molecule has 1 aliphatic heterocycles. The molecule has 104 valence electrons. The van der Waals surface area contributed by atoms with Crippen molar-refractivity contribution in [3.05, 3.63) is 23.8 Å². The molecule has 1 saturated carbocycles. The van der Waals surface area contributed by atoms with Gasteiger partial charge in [0.1, 0.15) is 12.4 Å². The fourth-order valence-corrected chi connectivity index (χ4v) is 3.37. The topological polar surface area (TPSA) is 44.5 Å². The molecule has 1 aliphatic carbocycles. The van der Waals surface area contributed by atoms with Crippen LogP contribution in [-0.2, 0) is 4.74 Å². The minimum absolute atomic E-state index is 0.193. The summed E-state index contributed by atoms with van der Waals surface area (Å²) in [4.78, 5) is 0. The molecule has 1 heterocycles. The van der Waals surface area contributed by atoms with Crippen molar-refractivity contribution in [1.82, 2.24) is 0 Å². The van der Waals surface area contributed by atoms with Gasteiger partial charge in [-0.15, -0.1) is 0 Å². The zero-order valence-electron chi connectivity index (χ0n) is 11.7. The molecular weight excluding hydrogens is 238 g/mol. The van der Waals surface area contributed by atoms with Crippen molar-refractivity contribution < 1.29 is 9.47 Å². The second-order valence-corrected chi connectivity index (χ2v) is 5.95. The van der Waals surface area contributed by atoms with Gasteiger partial charge in [0.2, 0.25) is 0 Å². The van der Waals surface area contributed by atoms with Gasteiger partial charge in [-0.05, 0) is 44.7 Å². The molecule has 3 nitrogen and oxygen atoms in total. The maximum absolute atomic E-state index is 6.25. The van der Waals surface area contributed by atoms with Gasteiger partial charge >= 0.3 is 0 Å². The molecule has 0 amide bonds. The largest absolute Gasteiger partial charge is 0.491 e. The van der Waals surface area contributed by atoms with E-state index >= 15 is 0 Å². The summed E-state index contributed by atoms with van der Waals surface area (Å²) in [5.74, 6) is 0.885. The number of hydrogen-bond acceptors (Lipinski definition) is 3. The molecule has 3 rings (SSSR count). The van der Waals surface area contributed by atoms with Crippen LogP contribution in [0, 0.1) is 6.92 Å². The molecule has 3 heteroatoms. The van der Waals surface area contributed by atoms with Crippen molar-refractivity contribution in [2.45, 2.75) is 57.2 Å². The van der Waals surface area contributed by atoms with Crippen LogP contribution in [0.2, 0.25) is 0 Å². The van der Waals surface area contributed by atoms with Crippen LogP contribution in [0.4, 0.5) is 5.69 Å². The van der Waals surface area contributed by atoms with Crippen molar-refractivity contribution in [1.29, 1.82) is 0 Å². The maximum atomic E-state index is 6.25. The van der Waals surface area contributed by atoms with Gasteiger partial charge in [-0.1, -0.05) is 18.9 Å². The first-order valence-corrected chi connectivity index (χ1v) is 7.34. The van der Waals surface area contributed by atoms with E-state index in [1.807, 2.05) is 25.1 Å². The first-order chi connectivity index (χ1) is 9.19. The van der Waals surface area contributed by atoms with Crippen LogP contribution < -0.4 is 10.5 Å². The molecule has 0 radical (unpaired) electrons. The number of nitrogens with two attached hydrogens (primary N) is 1. The van der Waals surface area contributed by atoms with Gasteiger partial charge < -0.3 is 15.2 Å². The summed E-state index contributed by atoms with van der Waals surface area (Å²) in [6, 6.07) is 5.82.